The van der Waals surface area contributed by atoms with Gasteiger partial charge in [0, 0.05) is 0 Å². The number of hydrogen-bond donors (Lipinski definition) is 0. The third-order valence-electron chi connectivity index (χ3n) is 3.34. The summed E-state index contributed by atoms with van der Waals surface area (Å²) in [5.41, 5.74) is 2.67. The Bertz CT molecular complexity index is 554. The van der Waals surface area contributed by atoms with Gasteiger partial charge < -0.3 is 9.47 Å². The predicted molar refractivity (Wildman–Crippen MR) is 61.3 cm³/mol. The summed E-state index contributed by atoms with van der Waals surface area (Å²) in [5, 5.41) is 2.61. The number of rotatable bonds is 2. The minimum Gasteiger partial charge on any atom is -0.368 e. The third kappa shape index (κ3) is 1.27. The summed E-state index contributed by atoms with van der Waals surface area (Å²) in [4.78, 5) is 0. The van der Waals surface area contributed by atoms with Gasteiger partial charge in [0.05, 0.1) is 13.2 Å². The zero-order chi connectivity index (χ0) is 10.5. The van der Waals surface area contributed by atoms with Gasteiger partial charge in [-0.2, -0.15) is 0 Å². The van der Waals surface area contributed by atoms with Crippen LogP contribution in [0, 0.1) is 0 Å². The molecule has 0 N–H and O–H groups in total. The first kappa shape index (κ1) is 8.74. The highest BCUT2D eigenvalue weighted by Gasteiger charge is 2.35. The van der Waals surface area contributed by atoms with E-state index in [0.29, 0.717) is 12.2 Å². The lowest BCUT2D eigenvalue weighted by Crippen LogP contribution is -1.93. The van der Waals surface area contributed by atoms with E-state index in [9.17, 15) is 0 Å². The molecular weight excluding hydrogens is 200 g/mol. The van der Waals surface area contributed by atoms with Crippen molar-refractivity contribution in [1.29, 1.82) is 0 Å². The van der Waals surface area contributed by atoms with Crippen molar-refractivity contribution in [2.75, 3.05) is 13.2 Å². The summed E-state index contributed by atoms with van der Waals surface area (Å²) in [7, 11) is 0. The second kappa shape index (κ2) is 3.06. The monoisotopic (exact) mass is 212 g/mol. The molecule has 2 aliphatic heterocycles. The fourth-order valence-corrected chi connectivity index (χ4v) is 2.40. The van der Waals surface area contributed by atoms with Crippen LogP contribution in [0.5, 0.6) is 0 Å². The molecule has 16 heavy (non-hydrogen) atoms. The van der Waals surface area contributed by atoms with Crippen molar-refractivity contribution >= 4 is 10.8 Å². The van der Waals surface area contributed by atoms with Crippen molar-refractivity contribution in [1.82, 2.24) is 0 Å². The van der Waals surface area contributed by atoms with Gasteiger partial charge in [-0.25, -0.2) is 0 Å². The van der Waals surface area contributed by atoms with Crippen LogP contribution in [0.2, 0.25) is 0 Å². The van der Waals surface area contributed by atoms with Gasteiger partial charge >= 0.3 is 0 Å². The molecule has 0 bridgehead atoms. The van der Waals surface area contributed by atoms with E-state index in [-0.39, 0.29) is 0 Å². The Morgan fingerprint density at radius 3 is 2.38 bits per heavy atom. The number of epoxide rings is 2. The normalized spacial score (nSPS) is 27.0. The Hall–Kier alpha value is -1.38. The van der Waals surface area contributed by atoms with Crippen LogP contribution in [0.4, 0.5) is 0 Å². The van der Waals surface area contributed by atoms with Gasteiger partial charge in [-0.05, 0) is 21.9 Å². The zero-order valence-corrected chi connectivity index (χ0v) is 8.85. The Morgan fingerprint density at radius 2 is 1.62 bits per heavy atom. The minimum absolute atomic E-state index is 0.297. The number of hydrogen-bond acceptors (Lipinski definition) is 2. The molecule has 2 aromatic rings. The van der Waals surface area contributed by atoms with E-state index < -0.39 is 0 Å². The SMILES string of the molecule is c1ccc2c(C3CO3)c(C3CO3)ccc2c1. The van der Waals surface area contributed by atoms with Crippen molar-refractivity contribution in [3.05, 3.63) is 47.5 Å². The Kier molecular flexibility index (Phi) is 1.67. The molecule has 4 rings (SSSR count). The van der Waals surface area contributed by atoms with E-state index in [0.717, 1.165) is 13.2 Å². The highest BCUT2D eigenvalue weighted by molar-refractivity contribution is 5.87. The van der Waals surface area contributed by atoms with Crippen LogP contribution < -0.4 is 0 Å². The first-order chi connectivity index (χ1) is 7.93. The molecular formula is C14H12O2. The van der Waals surface area contributed by atoms with Crippen LogP contribution in [0.1, 0.15) is 23.3 Å². The summed E-state index contributed by atoms with van der Waals surface area (Å²) in [6.07, 6.45) is 0.606. The van der Waals surface area contributed by atoms with Gasteiger partial charge in [-0.1, -0.05) is 36.4 Å². The first-order valence-electron chi connectivity index (χ1n) is 5.68. The van der Waals surface area contributed by atoms with Gasteiger partial charge in [0.2, 0.25) is 0 Å². The largest absolute Gasteiger partial charge is 0.368 e. The van der Waals surface area contributed by atoms with Crippen LogP contribution in [-0.4, -0.2) is 13.2 Å². The molecule has 0 amide bonds. The molecule has 2 aliphatic rings. The third-order valence-corrected chi connectivity index (χ3v) is 3.34. The molecule has 2 aromatic carbocycles. The van der Waals surface area contributed by atoms with Gasteiger partial charge in [-0.3, -0.25) is 0 Å². The van der Waals surface area contributed by atoms with E-state index in [4.69, 9.17) is 9.47 Å². The molecule has 2 unspecified atom stereocenters. The maximum Gasteiger partial charge on any atom is 0.107 e. The summed E-state index contributed by atoms with van der Waals surface area (Å²) in [6.45, 7) is 1.71. The zero-order valence-electron chi connectivity index (χ0n) is 8.85. The highest BCUT2D eigenvalue weighted by atomic mass is 16.6. The van der Waals surface area contributed by atoms with Crippen LogP contribution in [-0.2, 0) is 9.47 Å². The van der Waals surface area contributed by atoms with E-state index in [1.807, 2.05) is 0 Å². The second-order valence-electron chi connectivity index (χ2n) is 4.43. The lowest BCUT2D eigenvalue weighted by molar-refractivity contribution is 0.400. The number of fused-ring (bicyclic) bond motifs is 1. The van der Waals surface area contributed by atoms with Gasteiger partial charge in [0.15, 0.2) is 0 Å². The first-order valence-corrected chi connectivity index (χ1v) is 5.68. The summed E-state index contributed by atoms with van der Waals surface area (Å²) >= 11 is 0. The van der Waals surface area contributed by atoms with E-state index in [1.165, 1.54) is 21.9 Å². The number of ether oxygens (including phenoxy) is 2. The standard InChI is InChI=1S/C14H12O2/c1-2-4-10-9(3-1)5-6-11(12-7-15-12)14(10)13-8-16-13/h1-6,12-13H,7-8H2. The van der Waals surface area contributed by atoms with Crippen molar-refractivity contribution < 1.29 is 9.47 Å². The van der Waals surface area contributed by atoms with Gasteiger partial charge in [-0.15, -0.1) is 0 Å². The average molecular weight is 212 g/mol. The topological polar surface area (TPSA) is 25.1 Å². The van der Waals surface area contributed by atoms with E-state index in [1.54, 1.807) is 0 Å². The Morgan fingerprint density at radius 1 is 0.875 bits per heavy atom. The molecule has 2 heterocycles. The van der Waals surface area contributed by atoms with Crippen LogP contribution in [0.3, 0.4) is 0 Å². The fraction of sp³-hybridized carbons (Fsp3) is 0.286. The molecule has 2 atom stereocenters. The molecule has 0 aromatic heterocycles. The van der Waals surface area contributed by atoms with E-state index in [2.05, 4.69) is 36.4 Å². The molecule has 2 nitrogen and oxygen atoms in total. The number of benzene rings is 2. The molecule has 2 saturated heterocycles. The molecule has 0 spiro atoms. The smallest absolute Gasteiger partial charge is 0.107 e. The van der Waals surface area contributed by atoms with Crippen LogP contribution >= 0.6 is 0 Å². The van der Waals surface area contributed by atoms with Crippen LogP contribution in [0.25, 0.3) is 10.8 Å². The second-order valence-corrected chi connectivity index (χ2v) is 4.43. The van der Waals surface area contributed by atoms with Gasteiger partial charge in [0.25, 0.3) is 0 Å². The predicted octanol–water partition coefficient (Wildman–Crippen LogP) is 2.98. The van der Waals surface area contributed by atoms with E-state index >= 15 is 0 Å². The van der Waals surface area contributed by atoms with Crippen molar-refractivity contribution in [2.45, 2.75) is 12.2 Å². The molecule has 2 heteroatoms. The van der Waals surface area contributed by atoms with Crippen molar-refractivity contribution in [2.24, 2.45) is 0 Å². The summed E-state index contributed by atoms with van der Waals surface area (Å²) in [6, 6.07) is 12.9. The van der Waals surface area contributed by atoms with Crippen molar-refractivity contribution in [3.63, 3.8) is 0 Å². The maximum atomic E-state index is 5.47. The fourth-order valence-electron chi connectivity index (χ4n) is 2.40. The average Bonchev–Trinajstić information content (AvgIpc) is 3.18. The maximum absolute atomic E-state index is 5.47. The highest BCUT2D eigenvalue weighted by Crippen LogP contribution is 2.43. The molecule has 2 fully saturated rings. The summed E-state index contributed by atoms with van der Waals surface area (Å²) in [5.74, 6) is 0. The van der Waals surface area contributed by atoms with Crippen molar-refractivity contribution in [3.8, 4) is 0 Å². The molecule has 0 saturated carbocycles. The quantitative estimate of drug-likeness (QED) is 0.715. The summed E-state index contributed by atoms with van der Waals surface area (Å²) < 4.78 is 10.9. The van der Waals surface area contributed by atoms with Crippen LogP contribution in [0.15, 0.2) is 36.4 Å². The Labute approximate surface area is 93.8 Å². The Balaban J connectivity index is 2.03. The van der Waals surface area contributed by atoms with Gasteiger partial charge in [0.1, 0.15) is 12.2 Å². The molecule has 0 radical (unpaired) electrons. The molecule has 80 valence electrons. The molecule has 0 aliphatic carbocycles. The lowest BCUT2D eigenvalue weighted by Gasteiger charge is -2.09. The minimum atomic E-state index is 0.297. The lowest BCUT2D eigenvalue weighted by atomic mass is 9.95.